The summed E-state index contributed by atoms with van der Waals surface area (Å²) < 4.78 is 28.6. The van der Waals surface area contributed by atoms with E-state index in [4.69, 9.17) is 5.73 Å². The molecule has 0 aliphatic heterocycles. The molecular formula is C22H28ClN3O2S. The van der Waals surface area contributed by atoms with Gasteiger partial charge < -0.3 is 5.73 Å². The summed E-state index contributed by atoms with van der Waals surface area (Å²) in [6.45, 7) is 3.25. The molecule has 0 spiro atoms. The number of sulfonamides is 1. The highest BCUT2D eigenvalue weighted by atomic mass is 35.5. The summed E-state index contributed by atoms with van der Waals surface area (Å²) in [6.07, 6.45) is 5.66. The van der Waals surface area contributed by atoms with Crippen molar-refractivity contribution in [3.05, 3.63) is 72.1 Å². The van der Waals surface area contributed by atoms with Gasteiger partial charge in [0.25, 0.3) is 0 Å². The summed E-state index contributed by atoms with van der Waals surface area (Å²) in [7, 11) is -3.63. The molecule has 2 aromatic carbocycles. The fourth-order valence-electron chi connectivity index (χ4n) is 3.45. The number of benzene rings is 2. The van der Waals surface area contributed by atoms with Gasteiger partial charge in [0.05, 0.1) is 4.90 Å². The summed E-state index contributed by atoms with van der Waals surface area (Å²) in [5.74, 6) is 0. The number of halogens is 1. The van der Waals surface area contributed by atoms with Crippen LogP contribution >= 0.6 is 12.4 Å². The molecule has 0 unspecified atom stereocenters. The molecule has 0 radical (unpaired) electrons. The predicted octanol–water partition coefficient (Wildman–Crippen LogP) is 3.94. The largest absolute Gasteiger partial charge is 0.330 e. The van der Waals surface area contributed by atoms with Crippen molar-refractivity contribution in [2.45, 2.75) is 31.1 Å². The van der Waals surface area contributed by atoms with Crippen molar-refractivity contribution in [1.82, 2.24) is 9.29 Å². The number of nitrogens with zero attached hydrogens (tertiary/aromatic N) is 2. The van der Waals surface area contributed by atoms with E-state index in [9.17, 15) is 8.42 Å². The van der Waals surface area contributed by atoms with E-state index in [-0.39, 0.29) is 12.4 Å². The molecule has 0 atom stereocenters. The lowest BCUT2D eigenvalue weighted by molar-refractivity contribution is 0.401. The Balaban J connectivity index is 0.00000300. The first kappa shape index (κ1) is 23.3. The second kappa shape index (κ2) is 10.7. The molecule has 0 aliphatic carbocycles. The van der Waals surface area contributed by atoms with Crippen LogP contribution in [0.4, 0.5) is 0 Å². The minimum Gasteiger partial charge on any atom is -0.330 e. The van der Waals surface area contributed by atoms with Crippen molar-refractivity contribution in [2.24, 2.45) is 5.73 Å². The zero-order valence-electron chi connectivity index (χ0n) is 16.6. The Kier molecular flexibility index (Phi) is 8.59. The number of fused-ring (bicyclic) bond motifs is 1. The number of hydrogen-bond acceptors (Lipinski definition) is 4. The second-order valence-electron chi connectivity index (χ2n) is 6.95. The van der Waals surface area contributed by atoms with Crippen molar-refractivity contribution in [1.29, 1.82) is 0 Å². The fraction of sp³-hybridized carbons (Fsp3) is 0.318. The van der Waals surface area contributed by atoms with Gasteiger partial charge in [-0.15, -0.1) is 12.4 Å². The molecule has 3 rings (SSSR count). The van der Waals surface area contributed by atoms with E-state index in [0.29, 0.717) is 31.0 Å². The van der Waals surface area contributed by atoms with Crippen LogP contribution in [-0.2, 0) is 16.4 Å². The predicted molar refractivity (Wildman–Crippen MR) is 121 cm³/mol. The van der Waals surface area contributed by atoms with E-state index in [1.807, 2.05) is 31.2 Å². The van der Waals surface area contributed by atoms with Crippen molar-refractivity contribution < 1.29 is 8.42 Å². The van der Waals surface area contributed by atoms with E-state index in [1.165, 1.54) is 5.56 Å². The van der Waals surface area contributed by atoms with Gasteiger partial charge in [0, 0.05) is 36.3 Å². The highest BCUT2D eigenvalue weighted by molar-refractivity contribution is 7.89. The topological polar surface area (TPSA) is 76.3 Å². The van der Waals surface area contributed by atoms with Gasteiger partial charge in [0.2, 0.25) is 10.0 Å². The summed E-state index contributed by atoms with van der Waals surface area (Å²) >= 11 is 0. The van der Waals surface area contributed by atoms with Gasteiger partial charge in [-0.3, -0.25) is 4.98 Å². The molecule has 5 nitrogen and oxygen atoms in total. The Morgan fingerprint density at radius 1 is 0.966 bits per heavy atom. The normalized spacial score (nSPS) is 11.6. The van der Waals surface area contributed by atoms with Crippen LogP contribution in [0.3, 0.4) is 0 Å². The van der Waals surface area contributed by atoms with Crippen LogP contribution < -0.4 is 5.73 Å². The molecule has 0 aliphatic rings. The number of aryl methyl sites for hydroxylation is 2. The molecule has 2 N–H and O–H groups in total. The molecular weight excluding hydrogens is 406 g/mol. The van der Waals surface area contributed by atoms with Crippen LogP contribution in [0.1, 0.15) is 24.0 Å². The first-order valence-electron chi connectivity index (χ1n) is 9.61. The SMILES string of the molecule is Cc1cncc2cccc(S(=O)(=O)N(CCCN)CCCc3ccccc3)c12.Cl. The van der Waals surface area contributed by atoms with E-state index >= 15 is 0 Å². The molecule has 156 valence electrons. The average Bonchev–Trinajstić information content (AvgIpc) is 2.71. The molecule has 1 aromatic heterocycles. The summed E-state index contributed by atoms with van der Waals surface area (Å²) in [4.78, 5) is 4.54. The Bertz CT molecular complexity index is 1020. The molecule has 29 heavy (non-hydrogen) atoms. The van der Waals surface area contributed by atoms with Crippen LogP contribution in [0.15, 0.2) is 65.8 Å². The molecule has 7 heteroatoms. The van der Waals surface area contributed by atoms with E-state index in [2.05, 4.69) is 17.1 Å². The van der Waals surface area contributed by atoms with Crippen molar-refractivity contribution >= 4 is 33.2 Å². The maximum absolute atomic E-state index is 13.5. The summed E-state index contributed by atoms with van der Waals surface area (Å²) in [5.41, 5.74) is 7.74. The van der Waals surface area contributed by atoms with Gasteiger partial charge in [0.15, 0.2) is 0 Å². The van der Waals surface area contributed by atoms with Crippen LogP contribution in [0, 0.1) is 6.92 Å². The van der Waals surface area contributed by atoms with Crippen LogP contribution in [0.25, 0.3) is 10.8 Å². The Morgan fingerprint density at radius 3 is 2.41 bits per heavy atom. The Labute approximate surface area is 179 Å². The summed E-state index contributed by atoms with van der Waals surface area (Å²) in [6, 6.07) is 15.5. The van der Waals surface area contributed by atoms with Crippen LogP contribution in [-0.4, -0.2) is 37.3 Å². The first-order chi connectivity index (χ1) is 13.5. The molecule has 0 amide bonds. The molecule has 3 aromatic rings. The van der Waals surface area contributed by atoms with Gasteiger partial charge in [-0.2, -0.15) is 4.31 Å². The zero-order valence-corrected chi connectivity index (χ0v) is 18.3. The first-order valence-corrected chi connectivity index (χ1v) is 11.1. The van der Waals surface area contributed by atoms with Gasteiger partial charge in [-0.1, -0.05) is 42.5 Å². The maximum Gasteiger partial charge on any atom is 0.243 e. The Hall–Kier alpha value is -1.99. The number of rotatable bonds is 9. The molecule has 0 saturated carbocycles. The van der Waals surface area contributed by atoms with Crippen molar-refractivity contribution in [3.8, 4) is 0 Å². The smallest absolute Gasteiger partial charge is 0.243 e. The van der Waals surface area contributed by atoms with E-state index in [1.54, 1.807) is 28.8 Å². The minimum absolute atomic E-state index is 0. The maximum atomic E-state index is 13.5. The zero-order chi connectivity index (χ0) is 20.0. The van der Waals surface area contributed by atoms with E-state index in [0.717, 1.165) is 29.2 Å². The van der Waals surface area contributed by atoms with Gasteiger partial charge >= 0.3 is 0 Å². The summed E-state index contributed by atoms with van der Waals surface area (Å²) in [5, 5.41) is 1.59. The van der Waals surface area contributed by atoms with Gasteiger partial charge in [-0.25, -0.2) is 8.42 Å². The Morgan fingerprint density at radius 2 is 1.69 bits per heavy atom. The molecule has 1 heterocycles. The van der Waals surface area contributed by atoms with E-state index < -0.39 is 10.0 Å². The molecule has 0 saturated heterocycles. The van der Waals surface area contributed by atoms with Gasteiger partial charge in [0.1, 0.15) is 0 Å². The third-order valence-corrected chi connectivity index (χ3v) is 6.82. The van der Waals surface area contributed by atoms with Crippen molar-refractivity contribution in [2.75, 3.05) is 19.6 Å². The minimum atomic E-state index is -3.63. The highest BCUT2D eigenvalue weighted by Gasteiger charge is 2.26. The lowest BCUT2D eigenvalue weighted by atomic mass is 10.1. The second-order valence-corrected chi connectivity index (χ2v) is 8.85. The van der Waals surface area contributed by atoms with Crippen LogP contribution in [0.5, 0.6) is 0 Å². The fourth-order valence-corrected chi connectivity index (χ4v) is 5.25. The van der Waals surface area contributed by atoms with Crippen molar-refractivity contribution in [3.63, 3.8) is 0 Å². The van der Waals surface area contributed by atoms with Gasteiger partial charge in [-0.05, 0) is 49.9 Å². The highest BCUT2D eigenvalue weighted by Crippen LogP contribution is 2.28. The number of nitrogens with two attached hydrogens (primary N) is 1. The monoisotopic (exact) mass is 433 g/mol. The lowest BCUT2D eigenvalue weighted by Crippen LogP contribution is -2.34. The number of pyridine rings is 1. The lowest BCUT2D eigenvalue weighted by Gasteiger charge is -2.23. The van der Waals surface area contributed by atoms with Crippen LogP contribution in [0.2, 0.25) is 0 Å². The third-order valence-electron chi connectivity index (χ3n) is 4.88. The number of hydrogen-bond donors (Lipinski definition) is 1. The number of aromatic nitrogens is 1. The molecule has 0 fully saturated rings. The standard InChI is InChI=1S/C22H27N3O2S.ClH/c1-18-16-24-17-20-11-5-12-21(22(18)20)28(26,27)25(15-7-13-23)14-6-10-19-8-3-2-4-9-19;/h2-5,8-9,11-12,16-17H,6-7,10,13-15,23H2,1H3;1H. The third kappa shape index (κ3) is 5.54. The molecule has 0 bridgehead atoms. The average molecular weight is 434 g/mol. The quantitative estimate of drug-likeness (QED) is 0.554.